The first kappa shape index (κ1) is 10.6. The average Bonchev–Trinajstić information content (AvgIpc) is 2.67. The Bertz CT molecular complexity index is 267. The highest BCUT2D eigenvalue weighted by Crippen LogP contribution is 2.34. The molecule has 2 atom stereocenters. The molecule has 84 valence electrons. The maximum absolute atomic E-state index is 11.1. The van der Waals surface area contributed by atoms with Crippen LogP contribution < -0.4 is 5.32 Å². The first-order valence-electron chi connectivity index (χ1n) is 5.66. The predicted molar refractivity (Wildman–Crippen MR) is 54.5 cm³/mol. The maximum Gasteiger partial charge on any atom is 0.320 e. The van der Waals surface area contributed by atoms with E-state index in [0.717, 1.165) is 25.8 Å². The minimum absolute atomic E-state index is 0.232. The zero-order chi connectivity index (χ0) is 10.8. The number of rotatable bonds is 2. The molecule has 4 heteroatoms. The molecule has 0 amide bonds. The lowest BCUT2D eigenvalue weighted by atomic mass is 9.76. The van der Waals surface area contributed by atoms with Crippen LogP contribution in [0.15, 0.2) is 0 Å². The Morgan fingerprint density at radius 3 is 2.53 bits per heavy atom. The Balaban J connectivity index is 1.97. The Hall–Kier alpha value is -0.900. The fourth-order valence-corrected chi connectivity index (χ4v) is 2.89. The van der Waals surface area contributed by atoms with Crippen molar-refractivity contribution >= 4 is 11.8 Å². The summed E-state index contributed by atoms with van der Waals surface area (Å²) in [4.78, 5) is 22.1. The summed E-state index contributed by atoms with van der Waals surface area (Å²) in [5.74, 6) is 0.257. The lowest BCUT2D eigenvalue weighted by molar-refractivity contribution is -0.140. The van der Waals surface area contributed by atoms with Crippen molar-refractivity contribution in [3.63, 3.8) is 0 Å². The number of hydrogen-bond donors (Lipinski definition) is 2. The number of carboxylic acids is 1. The molecule has 4 nitrogen and oxygen atoms in total. The third kappa shape index (κ3) is 2.20. The van der Waals surface area contributed by atoms with Crippen molar-refractivity contribution in [3.05, 3.63) is 0 Å². The van der Waals surface area contributed by atoms with Crippen molar-refractivity contribution in [2.75, 3.05) is 6.54 Å². The predicted octanol–water partition coefficient (Wildman–Crippen LogP) is 0.808. The molecule has 0 spiro atoms. The van der Waals surface area contributed by atoms with Gasteiger partial charge in [0.05, 0.1) is 0 Å². The lowest BCUT2D eigenvalue weighted by Gasteiger charge is -2.28. The molecule has 1 saturated carbocycles. The highest BCUT2D eigenvalue weighted by atomic mass is 16.4. The van der Waals surface area contributed by atoms with Crippen LogP contribution >= 0.6 is 0 Å². The summed E-state index contributed by atoms with van der Waals surface area (Å²) in [5, 5.41) is 12.1. The molecule has 2 N–H and O–H groups in total. The quantitative estimate of drug-likeness (QED) is 0.709. The number of carboxylic acid groups (broad SMARTS) is 1. The summed E-state index contributed by atoms with van der Waals surface area (Å²) in [6, 6.07) is -0.386. The molecule has 0 bridgehead atoms. The number of carbonyl (C=O) groups is 2. The summed E-state index contributed by atoms with van der Waals surface area (Å²) in [7, 11) is 0. The summed E-state index contributed by atoms with van der Waals surface area (Å²) in [6.07, 6.45) is 4.00. The molecule has 0 aromatic carbocycles. The zero-order valence-electron chi connectivity index (χ0n) is 8.74. The second kappa shape index (κ2) is 4.31. The second-order valence-electron chi connectivity index (χ2n) is 4.60. The largest absolute Gasteiger partial charge is 0.480 e. The molecule has 0 radical (unpaired) electrons. The smallest absolute Gasteiger partial charge is 0.320 e. The maximum atomic E-state index is 11.1. The van der Waals surface area contributed by atoms with E-state index in [9.17, 15) is 9.59 Å². The summed E-state index contributed by atoms with van der Waals surface area (Å²) >= 11 is 0. The SMILES string of the molecule is O=C1CCC([C@@H]2CCN[C@@H]2C(=O)O)CC1. The van der Waals surface area contributed by atoms with Gasteiger partial charge < -0.3 is 10.4 Å². The van der Waals surface area contributed by atoms with E-state index in [2.05, 4.69) is 5.32 Å². The van der Waals surface area contributed by atoms with E-state index in [0.29, 0.717) is 24.5 Å². The second-order valence-corrected chi connectivity index (χ2v) is 4.60. The number of Topliss-reactive ketones (excluding diaryl/α,β-unsaturated/α-hetero) is 1. The molecule has 0 aromatic heterocycles. The van der Waals surface area contributed by atoms with E-state index in [-0.39, 0.29) is 12.0 Å². The molecule has 2 fully saturated rings. The molecule has 1 heterocycles. The van der Waals surface area contributed by atoms with Crippen LogP contribution in [0.5, 0.6) is 0 Å². The molecule has 1 saturated heterocycles. The van der Waals surface area contributed by atoms with Crippen LogP contribution in [0.4, 0.5) is 0 Å². The molecule has 15 heavy (non-hydrogen) atoms. The first-order valence-corrected chi connectivity index (χ1v) is 5.66. The van der Waals surface area contributed by atoms with E-state index in [1.165, 1.54) is 0 Å². The van der Waals surface area contributed by atoms with Gasteiger partial charge in [0.1, 0.15) is 11.8 Å². The summed E-state index contributed by atoms with van der Waals surface area (Å²) < 4.78 is 0. The van der Waals surface area contributed by atoms with Gasteiger partial charge in [-0.1, -0.05) is 0 Å². The Morgan fingerprint density at radius 1 is 1.27 bits per heavy atom. The van der Waals surface area contributed by atoms with Gasteiger partial charge in [-0.15, -0.1) is 0 Å². The molecule has 0 aromatic rings. The van der Waals surface area contributed by atoms with Gasteiger partial charge in [-0.05, 0) is 37.6 Å². The Morgan fingerprint density at radius 2 is 1.93 bits per heavy atom. The normalized spacial score (nSPS) is 33.2. The molecule has 2 aliphatic rings. The van der Waals surface area contributed by atoms with Gasteiger partial charge in [0.25, 0.3) is 0 Å². The van der Waals surface area contributed by atoms with Crippen LogP contribution in [-0.2, 0) is 9.59 Å². The molecular formula is C11H17NO3. The van der Waals surface area contributed by atoms with E-state index in [1.807, 2.05) is 0 Å². The first-order chi connectivity index (χ1) is 7.18. The lowest BCUT2D eigenvalue weighted by Crippen LogP contribution is -2.39. The zero-order valence-corrected chi connectivity index (χ0v) is 8.74. The van der Waals surface area contributed by atoms with Gasteiger partial charge >= 0.3 is 5.97 Å². The topological polar surface area (TPSA) is 66.4 Å². The third-order valence-corrected chi connectivity index (χ3v) is 3.73. The van der Waals surface area contributed by atoms with Gasteiger partial charge in [-0.2, -0.15) is 0 Å². The molecule has 2 rings (SSSR count). The fourth-order valence-electron chi connectivity index (χ4n) is 2.89. The van der Waals surface area contributed by atoms with Crippen LogP contribution in [0.1, 0.15) is 32.1 Å². The highest BCUT2D eigenvalue weighted by Gasteiger charge is 2.38. The monoisotopic (exact) mass is 211 g/mol. The van der Waals surface area contributed by atoms with Gasteiger partial charge in [0.2, 0.25) is 0 Å². The van der Waals surface area contributed by atoms with Crippen molar-refractivity contribution in [3.8, 4) is 0 Å². The molecular weight excluding hydrogens is 194 g/mol. The number of hydrogen-bond acceptors (Lipinski definition) is 3. The number of aliphatic carboxylic acids is 1. The molecule has 1 aliphatic heterocycles. The van der Waals surface area contributed by atoms with Crippen LogP contribution in [0.2, 0.25) is 0 Å². The molecule has 1 aliphatic carbocycles. The molecule has 0 unspecified atom stereocenters. The summed E-state index contributed by atoms with van der Waals surface area (Å²) in [6.45, 7) is 0.798. The average molecular weight is 211 g/mol. The van der Waals surface area contributed by atoms with Crippen molar-refractivity contribution < 1.29 is 14.7 Å². The minimum atomic E-state index is -0.741. The van der Waals surface area contributed by atoms with Gasteiger partial charge in [0.15, 0.2) is 0 Å². The van der Waals surface area contributed by atoms with Crippen molar-refractivity contribution in [1.29, 1.82) is 0 Å². The Labute approximate surface area is 89.0 Å². The highest BCUT2D eigenvalue weighted by molar-refractivity contribution is 5.79. The number of nitrogens with one attached hydrogen (secondary N) is 1. The van der Waals surface area contributed by atoms with Gasteiger partial charge in [-0.3, -0.25) is 9.59 Å². The number of ketones is 1. The van der Waals surface area contributed by atoms with Gasteiger partial charge in [-0.25, -0.2) is 0 Å². The Kier molecular flexibility index (Phi) is 3.05. The third-order valence-electron chi connectivity index (χ3n) is 3.73. The number of carbonyl (C=O) groups excluding carboxylic acids is 1. The van der Waals surface area contributed by atoms with Crippen LogP contribution in [-0.4, -0.2) is 29.4 Å². The van der Waals surface area contributed by atoms with Crippen LogP contribution in [0.25, 0.3) is 0 Å². The fraction of sp³-hybridized carbons (Fsp3) is 0.818. The van der Waals surface area contributed by atoms with Crippen molar-refractivity contribution in [2.24, 2.45) is 11.8 Å². The standard InChI is InChI=1S/C11H17NO3/c13-8-3-1-7(2-4-8)9-5-6-12-10(9)11(14)15/h7,9-10,12H,1-6H2,(H,14,15)/t9-,10-/m0/s1. The van der Waals surface area contributed by atoms with Gasteiger partial charge in [0, 0.05) is 12.8 Å². The van der Waals surface area contributed by atoms with E-state index in [4.69, 9.17) is 5.11 Å². The van der Waals surface area contributed by atoms with E-state index >= 15 is 0 Å². The van der Waals surface area contributed by atoms with E-state index < -0.39 is 5.97 Å². The van der Waals surface area contributed by atoms with Crippen LogP contribution in [0.3, 0.4) is 0 Å². The van der Waals surface area contributed by atoms with Crippen molar-refractivity contribution in [1.82, 2.24) is 5.32 Å². The van der Waals surface area contributed by atoms with Crippen LogP contribution in [0, 0.1) is 11.8 Å². The summed E-state index contributed by atoms with van der Waals surface area (Å²) in [5.41, 5.74) is 0. The van der Waals surface area contributed by atoms with Crippen molar-refractivity contribution in [2.45, 2.75) is 38.1 Å². The minimum Gasteiger partial charge on any atom is -0.480 e. The van der Waals surface area contributed by atoms with E-state index in [1.54, 1.807) is 0 Å².